The predicted octanol–water partition coefficient (Wildman–Crippen LogP) is 1.60. The molecular weight excluding hydrogens is 278 g/mol. The molecule has 2 unspecified atom stereocenters. The zero-order valence-corrected chi connectivity index (χ0v) is 12.0. The monoisotopic (exact) mass is 298 g/mol. The summed E-state index contributed by atoms with van der Waals surface area (Å²) in [4.78, 5) is 13.8. The van der Waals surface area contributed by atoms with E-state index in [1.807, 2.05) is 0 Å². The number of aliphatic hydroxyl groups is 1. The number of halogens is 2. The van der Waals surface area contributed by atoms with Crippen LogP contribution in [0.3, 0.4) is 0 Å². The van der Waals surface area contributed by atoms with Gasteiger partial charge in [-0.25, -0.2) is 8.78 Å². The molecule has 2 N–H and O–H groups in total. The van der Waals surface area contributed by atoms with Gasteiger partial charge in [-0.1, -0.05) is 6.07 Å². The van der Waals surface area contributed by atoms with Crippen molar-refractivity contribution in [2.75, 3.05) is 19.6 Å². The SMILES string of the molecule is CC(NCC(O)c1c(F)cccc1F)C(=O)N1CCCC1. The van der Waals surface area contributed by atoms with Gasteiger partial charge in [-0.15, -0.1) is 0 Å². The van der Waals surface area contributed by atoms with Crippen LogP contribution < -0.4 is 5.32 Å². The highest BCUT2D eigenvalue weighted by Gasteiger charge is 2.24. The first kappa shape index (κ1) is 15.9. The van der Waals surface area contributed by atoms with Gasteiger partial charge < -0.3 is 15.3 Å². The number of rotatable bonds is 5. The zero-order valence-electron chi connectivity index (χ0n) is 12.0. The first-order chi connectivity index (χ1) is 10.0. The van der Waals surface area contributed by atoms with Crippen molar-refractivity contribution in [3.05, 3.63) is 35.4 Å². The quantitative estimate of drug-likeness (QED) is 0.868. The third-order valence-corrected chi connectivity index (χ3v) is 3.74. The summed E-state index contributed by atoms with van der Waals surface area (Å²) >= 11 is 0. The highest BCUT2D eigenvalue weighted by Crippen LogP contribution is 2.20. The minimum Gasteiger partial charge on any atom is -0.387 e. The smallest absolute Gasteiger partial charge is 0.239 e. The van der Waals surface area contributed by atoms with E-state index in [0.29, 0.717) is 0 Å². The fourth-order valence-electron chi connectivity index (χ4n) is 2.52. The van der Waals surface area contributed by atoms with Crippen LogP contribution in [-0.4, -0.2) is 41.6 Å². The first-order valence-corrected chi connectivity index (χ1v) is 7.15. The van der Waals surface area contributed by atoms with Crippen LogP contribution in [0.15, 0.2) is 18.2 Å². The number of hydrogen-bond acceptors (Lipinski definition) is 3. The maximum atomic E-state index is 13.5. The topological polar surface area (TPSA) is 52.6 Å². The minimum atomic E-state index is -1.33. The fraction of sp³-hybridized carbons (Fsp3) is 0.533. The van der Waals surface area contributed by atoms with Crippen molar-refractivity contribution in [2.24, 2.45) is 0 Å². The van der Waals surface area contributed by atoms with Crippen molar-refractivity contribution in [3.8, 4) is 0 Å². The number of benzene rings is 1. The van der Waals surface area contributed by atoms with Crippen molar-refractivity contribution in [1.82, 2.24) is 10.2 Å². The van der Waals surface area contributed by atoms with Crippen molar-refractivity contribution < 1.29 is 18.7 Å². The van der Waals surface area contributed by atoms with Crippen LogP contribution in [0.4, 0.5) is 8.78 Å². The van der Waals surface area contributed by atoms with Crippen LogP contribution in [0.1, 0.15) is 31.4 Å². The fourth-order valence-corrected chi connectivity index (χ4v) is 2.52. The number of carbonyl (C=O) groups is 1. The molecule has 21 heavy (non-hydrogen) atoms. The lowest BCUT2D eigenvalue weighted by Crippen LogP contribution is -2.44. The molecule has 1 aromatic carbocycles. The van der Waals surface area contributed by atoms with Crippen molar-refractivity contribution in [3.63, 3.8) is 0 Å². The molecule has 4 nitrogen and oxygen atoms in total. The van der Waals surface area contributed by atoms with Gasteiger partial charge in [0.15, 0.2) is 0 Å². The number of hydrogen-bond donors (Lipinski definition) is 2. The molecule has 1 heterocycles. The maximum absolute atomic E-state index is 13.5. The molecule has 116 valence electrons. The van der Waals surface area contributed by atoms with E-state index in [1.54, 1.807) is 11.8 Å². The average Bonchev–Trinajstić information content (AvgIpc) is 2.97. The van der Waals surface area contributed by atoms with E-state index in [9.17, 15) is 18.7 Å². The molecule has 0 aromatic heterocycles. The van der Waals surface area contributed by atoms with Crippen LogP contribution in [-0.2, 0) is 4.79 Å². The summed E-state index contributed by atoms with van der Waals surface area (Å²) < 4.78 is 27.1. The van der Waals surface area contributed by atoms with Crippen LogP contribution in [0.5, 0.6) is 0 Å². The standard InChI is InChI=1S/C15H20F2N2O2/c1-10(15(21)19-7-2-3-8-19)18-9-13(20)14-11(16)5-4-6-12(14)17/h4-6,10,13,18,20H,2-3,7-9H2,1H3. The Labute approximate surface area is 122 Å². The van der Waals surface area contributed by atoms with Gasteiger partial charge in [-0.3, -0.25) is 4.79 Å². The van der Waals surface area contributed by atoms with Gasteiger partial charge in [0.2, 0.25) is 5.91 Å². The highest BCUT2D eigenvalue weighted by atomic mass is 19.1. The Balaban J connectivity index is 1.91. The van der Waals surface area contributed by atoms with Crippen LogP contribution in [0.2, 0.25) is 0 Å². The van der Waals surface area contributed by atoms with Crippen molar-refractivity contribution in [1.29, 1.82) is 0 Å². The molecule has 1 amide bonds. The third-order valence-electron chi connectivity index (χ3n) is 3.74. The van der Waals surface area contributed by atoms with Crippen LogP contribution >= 0.6 is 0 Å². The number of carbonyl (C=O) groups excluding carboxylic acids is 1. The molecule has 2 atom stereocenters. The summed E-state index contributed by atoms with van der Waals surface area (Å²) in [6, 6.07) is 2.95. The summed E-state index contributed by atoms with van der Waals surface area (Å²) in [5, 5.41) is 12.7. The van der Waals surface area contributed by atoms with Gasteiger partial charge in [-0.2, -0.15) is 0 Å². The average molecular weight is 298 g/mol. The molecule has 1 aliphatic rings. The number of likely N-dealkylation sites (tertiary alicyclic amines) is 1. The Kier molecular flexibility index (Phi) is 5.25. The maximum Gasteiger partial charge on any atom is 0.239 e. The van der Waals surface area contributed by atoms with E-state index < -0.39 is 23.8 Å². The molecule has 1 aliphatic heterocycles. The lowest BCUT2D eigenvalue weighted by molar-refractivity contribution is -0.132. The molecule has 0 spiro atoms. The molecule has 0 radical (unpaired) electrons. The number of nitrogens with zero attached hydrogens (tertiary/aromatic N) is 1. The summed E-state index contributed by atoms with van der Waals surface area (Å²) in [7, 11) is 0. The van der Waals surface area contributed by atoms with E-state index in [-0.39, 0.29) is 18.0 Å². The molecule has 1 aromatic rings. The van der Waals surface area contributed by atoms with Gasteiger partial charge in [0.1, 0.15) is 11.6 Å². The summed E-state index contributed by atoms with van der Waals surface area (Å²) in [6.07, 6.45) is 0.670. The Morgan fingerprint density at radius 2 is 1.90 bits per heavy atom. The van der Waals surface area contributed by atoms with E-state index in [0.717, 1.165) is 38.1 Å². The van der Waals surface area contributed by atoms with Crippen molar-refractivity contribution >= 4 is 5.91 Å². The molecule has 0 bridgehead atoms. The number of amides is 1. The van der Waals surface area contributed by atoms with Crippen LogP contribution in [0.25, 0.3) is 0 Å². The van der Waals surface area contributed by atoms with Crippen LogP contribution in [0, 0.1) is 11.6 Å². The number of aliphatic hydroxyl groups excluding tert-OH is 1. The number of nitrogens with one attached hydrogen (secondary N) is 1. The van der Waals surface area contributed by atoms with E-state index in [1.165, 1.54) is 6.07 Å². The molecule has 1 fully saturated rings. The zero-order chi connectivity index (χ0) is 15.4. The predicted molar refractivity (Wildman–Crippen MR) is 74.6 cm³/mol. The second-order valence-corrected chi connectivity index (χ2v) is 5.31. The minimum absolute atomic E-state index is 0.0475. The molecular formula is C15H20F2N2O2. The van der Waals surface area contributed by atoms with Gasteiger partial charge >= 0.3 is 0 Å². The normalized spacial score (nSPS) is 17.8. The van der Waals surface area contributed by atoms with Gasteiger partial charge in [-0.05, 0) is 31.9 Å². The Morgan fingerprint density at radius 3 is 2.48 bits per heavy atom. The second-order valence-electron chi connectivity index (χ2n) is 5.31. The summed E-state index contributed by atoms with van der Waals surface area (Å²) in [5.41, 5.74) is -0.370. The van der Waals surface area contributed by atoms with E-state index in [4.69, 9.17) is 0 Å². The Morgan fingerprint density at radius 1 is 1.33 bits per heavy atom. The summed E-state index contributed by atoms with van der Waals surface area (Å²) in [6.45, 7) is 3.09. The van der Waals surface area contributed by atoms with Gasteiger partial charge in [0.25, 0.3) is 0 Å². The molecule has 0 saturated carbocycles. The largest absolute Gasteiger partial charge is 0.387 e. The van der Waals surface area contributed by atoms with E-state index in [2.05, 4.69) is 5.32 Å². The van der Waals surface area contributed by atoms with Crippen molar-refractivity contribution in [2.45, 2.75) is 31.9 Å². The Bertz CT molecular complexity index is 484. The molecule has 1 saturated heterocycles. The first-order valence-electron chi connectivity index (χ1n) is 7.15. The lowest BCUT2D eigenvalue weighted by atomic mass is 10.1. The summed E-state index contributed by atoms with van der Waals surface area (Å²) in [5.74, 6) is -1.63. The third kappa shape index (κ3) is 3.77. The lowest BCUT2D eigenvalue weighted by Gasteiger charge is -2.22. The Hall–Kier alpha value is -1.53. The second kappa shape index (κ2) is 6.95. The van der Waals surface area contributed by atoms with Gasteiger partial charge in [0.05, 0.1) is 17.7 Å². The molecule has 2 rings (SSSR count). The van der Waals surface area contributed by atoms with Gasteiger partial charge in [0, 0.05) is 19.6 Å². The molecule has 0 aliphatic carbocycles. The highest BCUT2D eigenvalue weighted by molar-refractivity contribution is 5.81. The molecule has 6 heteroatoms. The van der Waals surface area contributed by atoms with E-state index >= 15 is 0 Å².